The lowest BCUT2D eigenvalue weighted by Crippen LogP contribution is -2.46. The average molecular weight is 324 g/mol. The van der Waals surface area contributed by atoms with Gasteiger partial charge in [0.05, 0.1) is 5.41 Å². The Morgan fingerprint density at radius 1 is 1.25 bits per heavy atom. The van der Waals surface area contributed by atoms with Crippen molar-refractivity contribution in [2.45, 2.75) is 31.6 Å². The first-order valence-electron chi connectivity index (χ1n) is 8.02. The molecule has 4 rings (SSSR count). The lowest BCUT2D eigenvalue weighted by atomic mass is 9.63. The van der Waals surface area contributed by atoms with Crippen LogP contribution in [0.5, 0.6) is 0 Å². The monoisotopic (exact) mass is 324 g/mol. The number of fused-ring (bicyclic) bond motifs is 1. The number of halogens is 1. The second kappa shape index (κ2) is 5.44. The predicted octanol–water partition coefficient (Wildman–Crippen LogP) is 4.34. The maximum Gasteiger partial charge on any atom is 0.235 e. The topological polar surface area (TPSA) is 55.1 Å². The van der Waals surface area contributed by atoms with Gasteiger partial charge >= 0.3 is 0 Å². The summed E-state index contributed by atoms with van der Waals surface area (Å²) in [5, 5.41) is 2.95. The van der Waals surface area contributed by atoms with E-state index in [1.54, 1.807) is 25.1 Å². The fourth-order valence-corrected chi connectivity index (χ4v) is 3.33. The van der Waals surface area contributed by atoms with Gasteiger partial charge in [-0.1, -0.05) is 18.6 Å². The second-order valence-electron chi connectivity index (χ2n) is 6.32. The zero-order valence-corrected chi connectivity index (χ0v) is 13.3. The number of nitrogens with one attached hydrogen (secondary N) is 1. The van der Waals surface area contributed by atoms with Crippen LogP contribution in [0.1, 0.15) is 30.7 Å². The smallest absolute Gasteiger partial charge is 0.235 e. The van der Waals surface area contributed by atoms with E-state index in [4.69, 9.17) is 4.42 Å². The van der Waals surface area contributed by atoms with E-state index >= 15 is 0 Å². The van der Waals surface area contributed by atoms with Gasteiger partial charge in [-0.3, -0.25) is 4.79 Å². The molecule has 0 aliphatic heterocycles. The van der Waals surface area contributed by atoms with Crippen LogP contribution in [0.25, 0.3) is 11.1 Å². The van der Waals surface area contributed by atoms with Crippen molar-refractivity contribution < 1.29 is 13.6 Å². The molecule has 1 saturated carbocycles. The number of aromatic nitrogens is 1. The fourth-order valence-electron chi connectivity index (χ4n) is 3.33. The minimum absolute atomic E-state index is 0.102. The highest BCUT2D eigenvalue weighted by Crippen LogP contribution is 2.44. The molecule has 122 valence electrons. The van der Waals surface area contributed by atoms with Gasteiger partial charge in [-0.25, -0.2) is 9.37 Å². The first-order valence-corrected chi connectivity index (χ1v) is 8.02. The summed E-state index contributed by atoms with van der Waals surface area (Å²) in [4.78, 5) is 17.1. The summed E-state index contributed by atoms with van der Waals surface area (Å²) in [6.07, 6.45) is 2.42. The van der Waals surface area contributed by atoms with Crippen LogP contribution in [0.4, 0.5) is 10.1 Å². The Balaban J connectivity index is 1.63. The number of carbonyl (C=O) groups excluding carboxylic acids is 1. The van der Waals surface area contributed by atoms with Crippen LogP contribution in [0, 0.1) is 12.7 Å². The van der Waals surface area contributed by atoms with Gasteiger partial charge in [0.15, 0.2) is 11.5 Å². The van der Waals surface area contributed by atoms with Crippen molar-refractivity contribution in [2.75, 3.05) is 5.32 Å². The van der Waals surface area contributed by atoms with Gasteiger partial charge in [0.1, 0.15) is 11.3 Å². The molecule has 0 saturated heterocycles. The largest absolute Gasteiger partial charge is 0.441 e. The van der Waals surface area contributed by atoms with Gasteiger partial charge in [0, 0.05) is 18.7 Å². The van der Waals surface area contributed by atoms with E-state index in [-0.39, 0.29) is 11.7 Å². The summed E-state index contributed by atoms with van der Waals surface area (Å²) >= 11 is 0. The zero-order valence-electron chi connectivity index (χ0n) is 13.3. The highest BCUT2D eigenvalue weighted by atomic mass is 19.1. The lowest BCUT2D eigenvalue weighted by molar-refractivity contribution is -0.124. The number of hydrogen-bond acceptors (Lipinski definition) is 3. The third-order valence-electron chi connectivity index (χ3n) is 4.77. The molecule has 0 spiro atoms. The van der Waals surface area contributed by atoms with Crippen LogP contribution in [-0.2, 0) is 10.2 Å². The highest BCUT2D eigenvalue weighted by Gasteiger charge is 2.45. The molecular formula is C19H17FN2O2. The number of amides is 1. The number of benzene rings is 2. The van der Waals surface area contributed by atoms with Gasteiger partial charge < -0.3 is 9.73 Å². The van der Waals surface area contributed by atoms with E-state index in [1.807, 2.05) is 12.1 Å². The Labute approximate surface area is 138 Å². The molecule has 0 unspecified atom stereocenters. The minimum atomic E-state index is -0.644. The van der Waals surface area contributed by atoms with Crippen LogP contribution < -0.4 is 5.32 Å². The molecule has 0 radical (unpaired) electrons. The van der Waals surface area contributed by atoms with Gasteiger partial charge in [-0.15, -0.1) is 0 Å². The third kappa shape index (κ3) is 2.37. The molecule has 1 N–H and O–H groups in total. The average Bonchev–Trinajstić information content (AvgIpc) is 2.85. The predicted molar refractivity (Wildman–Crippen MR) is 89.3 cm³/mol. The van der Waals surface area contributed by atoms with Crippen LogP contribution >= 0.6 is 0 Å². The van der Waals surface area contributed by atoms with Crippen LogP contribution in [0.2, 0.25) is 0 Å². The van der Waals surface area contributed by atoms with E-state index < -0.39 is 5.41 Å². The van der Waals surface area contributed by atoms with Crippen LogP contribution in [0.15, 0.2) is 46.9 Å². The lowest BCUT2D eigenvalue weighted by Gasteiger charge is -2.40. The summed E-state index contributed by atoms with van der Waals surface area (Å²) in [7, 11) is 0. The minimum Gasteiger partial charge on any atom is -0.441 e. The number of oxazole rings is 1. The quantitative estimate of drug-likeness (QED) is 0.780. The SMILES string of the molecule is Cc1nc2ccc(NC(=O)C3(c4cccc(F)c4)CCC3)cc2o1. The fraction of sp³-hybridized carbons (Fsp3) is 0.263. The van der Waals surface area contributed by atoms with E-state index in [1.165, 1.54) is 12.1 Å². The summed E-state index contributed by atoms with van der Waals surface area (Å²) in [6, 6.07) is 11.7. The Morgan fingerprint density at radius 3 is 2.79 bits per heavy atom. The maximum atomic E-state index is 13.6. The Kier molecular flexibility index (Phi) is 3.37. The van der Waals surface area contributed by atoms with Gasteiger partial charge in [0.2, 0.25) is 5.91 Å². The van der Waals surface area contributed by atoms with Crippen molar-refractivity contribution in [2.24, 2.45) is 0 Å². The molecule has 4 nitrogen and oxygen atoms in total. The number of carbonyl (C=O) groups is 1. The van der Waals surface area contributed by atoms with Crippen molar-refractivity contribution >= 4 is 22.7 Å². The molecular weight excluding hydrogens is 307 g/mol. The van der Waals surface area contributed by atoms with Crippen molar-refractivity contribution in [1.82, 2.24) is 4.98 Å². The van der Waals surface area contributed by atoms with E-state index in [0.717, 1.165) is 30.3 Å². The number of nitrogens with zero attached hydrogens (tertiary/aromatic N) is 1. The van der Waals surface area contributed by atoms with Gasteiger partial charge in [-0.2, -0.15) is 0 Å². The summed E-state index contributed by atoms with van der Waals surface area (Å²) in [5.41, 5.74) is 2.15. The molecule has 1 aromatic heterocycles. The molecule has 1 aliphatic carbocycles. The third-order valence-corrected chi connectivity index (χ3v) is 4.77. The maximum absolute atomic E-state index is 13.6. The Hall–Kier alpha value is -2.69. The second-order valence-corrected chi connectivity index (χ2v) is 6.32. The van der Waals surface area contributed by atoms with Crippen molar-refractivity contribution in [3.63, 3.8) is 0 Å². The van der Waals surface area contributed by atoms with E-state index in [2.05, 4.69) is 10.3 Å². The highest BCUT2D eigenvalue weighted by molar-refractivity contribution is 6.00. The van der Waals surface area contributed by atoms with Crippen molar-refractivity contribution in [3.05, 3.63) is 59.7 Å². The number of hydrogen-bond donors (Lipinski definition) is 1. The number of rotatable bonds is 3. The van der Waals surface area contributed by atoms with Gasteiger partial charge in [-0.05, 0) is 42.7 Å². The Bertz CT molecular complexity index is 928. The Morgan fingerprint density at radius 2 is 2.08 bits per heavy atom. The molecule has 5 heteroatoms. The summed E-state index contributed by atoms with van der Waals surface area (Å²) in [5.74, 6) is 0.170. The number of anilines is 1. The molecule has 1 aliphatic rings. The first-order chi connectivity index (χ1) is 11.6. The first kappa shape index (κ1) is 14.9. The molecule has 24 heavy (non-hydrogen) atoms. The van der Waals surface area contributed by atoms with E-state index in [9.17, 15) is 9.18 Å². The zero-order chi connectivity index (χ0) is 16.7. The molecule has 0 atom stereocenters. The van der Waals surface area contributed by atoms with Crippen molar-refractivity contribution in [3.8, 4) is 0 Å². The number of aryl methyl sites for hydroxylation is 1. The molecule has 1 heterocycles. The standard InChI is InChI=1S/C19H17FN2O2/c1-12-21-16-7-6-15(11-17(16)24-12)22-18(23)19(8-3-9-19)13-4-2-5-14(20)10-13/h2,4-7,10-11H,3,8-9H2,1H3,(H,22,23). The van der Waals surface area contributed by atoms with Crippen molar-refractivity contribution in [1.29, 1.82) is 0 Å². The molecule has 0 bridgehead atoms. The summed E-state index contributed by atoms with van der Waals surface area (Å²) < 4.78 is 19.1. The summed E-state index contributed by atoms with van der Waals surface area (Å²) in [6.45, 7) is 1.78. The molecule has 1 amide bonds. The molecule has 2 aromatic carbocycles. The normalized spacial score (nSPS) is 15.9. The van der Waals surface area contributed by atoms with Crippen LogP contribution in [-0.4, -0.2) is 10.9 Å². The molecule has 3 aromatic rings. The van der Waals surface area contributed by atoms with Gasteiger partial charge in [0.25, 0.3) is 0 Å². The van der Waals surface area contributed by atoms with Crippen LogP contribution in [0.3, 0.4) is 0 Å². The van der Waals surface area contributed by atoms with E-state index in [0.29, 0.717) is 17.2 Å². The molecule has 1 fully saturated rings.